The van der Waals surface area contributed by atoms with E-state index in [2.05, 4.69) is 29.6 Å². The summed E-state index contributed by atoms with van der Waals surface area (Å²) in [5.41, 5.74) is 5.04. The summed E-state index contributed by atoms with van der Waals surface area (Å²) in [6, 6.07) is 18.7. The number of nitrogens with one attached hydrogen (secondary N) is 1. The summed E-state index contributed by atoms with van der Waals surface area (Å²) in [6.45, 7) is 1.69. The van der Waals surface area contributed by atoms with Crippen LogP contribution in [0.15, 0.2) is 60.7 Å². The predicted octanol–water partition coefficient (Wildman–Crippen LogP) is 9.64. The Kier molecular flexibility index (Phi) is 9.37. The number of fused-ring (bicyclic) bond motifs is 3. The molecule has 3 aliphatic carbocycles. The van der Waals surface area contributed by atoms with Gasteiger partial charge in [0.1, 0.15) is 5.75 Å². The number of benzene rings is 4. The molecule has 1 atom stereocenters. The second-order valence-corrected chi connectivity index (χ2v) is 16.3. The van der Waals surface area contributed by atoms with Crippen molar-refractivity contribution in [2.75, 3.05) is 6.61 Å². The molecule has 3 spiro atoms. The molecule has 0 amide bonds. The van der Waals surface area contributed by atoms with E-state index in [9.17, 15) is 25.5 Å². The highest BCUT2D eigenvalue weighted by atomic mass is 16.5. The average molecular weight is 704 g/mol. The topological polar surface area (TPSA) is 122 Å². The van der Waals surface area contributed by atoms with Gasteiger partial charge in [-0.3, -0.25) is 0 Å². The summed E-state index contributed by atoms with van der Waals surface area (Å²) in [4.78, 5) is 0. The van der Waals surface area contributed by atoms with E-state index in [1.165, 1.54) is 94.4 Å². The van der Waals surface area contributed by atoms with E-state index in [4.69, 9.17) is 4.74 Å². The SMILES string of the molecule is Oc1ccc(/C=C/c2c(CCc3ccc(CN[C@@H]4CCOC5(C4)C4(CCCC4)CCCC54CCCC4)cc3)c(O)c(O)c3c(O)cccc23)cc1O. The molecule has 6 N–H and O–H groups in total. The van der Waals surface area contributed by atoms with Crippen molar-refractivity contribution < 1.29 is 30.3 Å². The van der Waals surface area contributed by atoms with Gasteiger partial charge in [0.05, 0.1) is 11.0 Å². The normalized spacial score (nSPS) is 22.0. The van der Waals surface area contributed by atoms with Gasteiger partial charge in [-0.15, -0.1) is 0 Å². The zero-order valence-corrected chi connectivity index (χ0v) is 30.2. The van der Waals surface area contributed by atoms with Crippen molar-refractivity contribution >= 4 is 22.9 Å². The van der Waals surface area contributed by atoms with E-state index in [1.807, 2.05) is 12.1 Å². The van der Waals surface area contributed by atoms with Gasteiger partial charge in [0, 0.05) is 35.6 Å². The summed E-state index contributed by atoms with van der Waals surface area (Å²) >= 11 is 0. The molecule has 8 rings (SSSR count). The minimum Gasteiger partial charge on any atom is -0.507 e. The van der Waals surface area contributed by atoms with Crippen LogP contribution in [0.5, 0.6) is 28.7 Å². The number of hydrogen-bond acceptors (Lipinski definition) is 7. The second-order valence-electron chi connectivity index (χ2n) is 16.3. The van der Waals surface area contributed by atoms with Crippen LogP contribution >= 0.6 is 0 Å². The Bertz CT molecular complexity index is 1930. The molecule has 3 saturated carbocycles. The zero-order chi connectivity index (χ0) is 35.9. The van der Waals surface area contributed by atoms with Crippen LogP contribution < -0.4 is 5.32 Å². The summed E-state index contributed by atoms with van der Waals surface area (Å²) in [7, 11) is 0. The van der Waals surface area contributed by atoms with Gasteiger partial charge in [-0.2, -0.15) is 0 Å². The van der Waals surface area contributed by atoms with Crippen molar-refractivity contribution in [2.45, 2.75) is 114 Å². The molecule has 0 radical (unpaired) electrons. The van der Waals surface area contributed by atoms with Gasteiger partial charge in [0.15, 0.2) is 23.0 Å². The molecular weight excluding hydrogens is 650 g/mol. The van der Waals surface area contributed by atoms with Crippen LogP contribution in [0.1, 0.15) is 111 Å². The van der Waals surface area contributed by atoms with Gasteiger partial charge in [0.25, 0.3) is 0 Å². The molecule has 274 valence electrons. The number of aryl methyl sites for hydroxylation is 1. The van der Waals surface area contributed by atoms with Gasteiger partial charge >= 0.3 is 0 Å². The van der Waals surface area contributed by atoms with Crippen molar-refractivity contribution in [3.8, 4) is 28.7 Å². The summed E-state index contributed by atoms with van der Waals surface area (Å²) in [5.74, 6) is -1.15. The van der Waals surface area contributed by atoms with E-state index < -0.39 is 0 Å². The molecule has 4 fully saturated rings. The van der Waals surface area contributed by atoms with Crippen molar-refractivity contribution in [2.24, 2.45) is 10.8 Å². The van der Waals surface area contributed by atoms with Crippen LogP contribution in [0, 0.1) is 10.8 Å². The average Bonchev–Trinajstić information content (AvgIpc) is 3.84. The smallest absolute Gasteiger partial charge is 0.169 e. The van der Waals surface area contributed by atoms with Gasteiger partial charge < -0.3 is 35.6 Å². The van der Waals surface area contributed by atoms with Crippen molar-refractivity contribution in [1.29, 1.82) is 0 Å². The maximum atomic E-state index is 11.2. The largest absolute Gasteiger partial charge is 0.507 e. The van der Waals surface area contributed by atoms with Crippen LogP contribution in [0.25, 0.3) is 22.9 Å². The highest BCUT2D eigenvalue weighted by Gasteiger charge is 2.67. The Morgan fingerprint density at radius 3 is 2.04 bits per heavy atom. The van der Waals surface area contributed by atoms with E-state index in [0.29, 0.717) is 51.8 Å². The van der Waals surface area contributed by atoms with Crippen molar-refractivity contribution in [3.05, 3.63) is 88.5 Å². The number of aromatic hydroxyl groups is 5. The Labute approximate surface area is 307 Å². The number of phenols is 5. The lowest BCUT2D eigenvalue weighted by molar-refractivity contribution is -0.254. The van der Waals surface area contributed by atoms with E-state index >= 15 is 0 Å². The first-order valence-corrected chi connectivity index (χ1v) is 19.6. The Morgan fingerprint density at radius 2 is 1.35 bits per heavy atom. The van der Waals surface area contributed by atoms with Crippen LogP contribution in [0.2, 0.25) is 0 Å². The third-order valence-electron chi connectivity index (χ3n) is 13.6. The van der Waals surface area contributed by atoms with Crippen molar-refractivity contribution in [1.82, 2.24) is 5.32 Å². The lowest BCUT2D eigenvalue weighted by Crippen LogP contribution is -2.66. The molecule has 52 heavy (non-hydrogen) atoms. The lowest BCUT2D eigenvalue weighted by atomic mass is 9.47. The third kappa shape index (κ3) is 6.00. The molecule has 0 bridgehead atoms. The minimum absolute atomic E-state index is 0.0341. The molecule has 7 heteroatoms. The van der Waals surface area contributed by atoms with Crippen LogP contribution in [-0.2, 0) is 24.1 Å². The molecule has 1 saturated heterocycles. The van der Waals surface area contributed by atoms with Gasteiger partial charge in [-0.05, 0) is 110 Å². The maximum absolute atomic E-state index is 11.2. The zero-order valence-electron chi connectivity index (χ0n) is 30.2. The molecule has 7 nitrogen and oxygen atoms in total. The summed E-state index contributed by atoms with van der Waals surface area (Å²) in [5, 5.41) is 57.3. The predicted molar refractivity (Wildman–Crippen MR) is 206 cm³/mol. The first kappa shape index (κ1) is 34.9. The molecule has 0 aromatic heterocycles. The quantitative estimate of drug-likeness (QED) is 0.0798. The molecule has 1 aliphatic heterocycles. The van der Waals surface area contributed by atoms with Crippen molar-refractivity contribution in [3.63, 3.8) is 0 Å². The molecule has 1 heterocycles. The molecule has 4 aromatic carbocycles. The minimum atomic E-state index is -0.343. The standard InChI is InChI=1S/C45H53NO6/c47-37-18-15-31(27-39(37)49)14-16-34-35-7-5-8-38(48)40(35)42(51)41(50)36(34)17-13-30-9-11-32(12-10-30)29-46-33-19-26-52-45(28-33)43(20-1-2-21-43)24-6-25-44(45)22-3-4-23-44/h5,7-12,14-16,18,27,33,46-51H,1-4,6,13,17,19-26,28-29H2/b16-14+/t33-/m1/s1. The molecule has 4 aromatic rings. The fourth-order valence-corrected chi connectivity index (χ4v) is 11.1. The van der Waals surface area contributed by atoms with Crippen LogP contribution in [-0.4, -0.2) is 43.8 Å². The lowest BCUT2D eigenvalue weighted by Gasteiger charge is -2.64. The van der Waals surface area contributed by atoms with E-state index in [1.54, 1.807) is 18.2 Å². The number of rotatable bonds is 8. The fourth-order valence-electron chi connectivity index (χ4n) is 11.1. The Morgan fingerprint density at radius 1 is 0.673 bits per heavy atom. The van der Waals surface area contributed by atoms with E-state index in [0.717, 1.165) is 31.6 Å². The molecule has 4 aliphatic rings. The third-order valence-corrected chi connectivity index (χ3v) is 13.6. The number of phenolic OH excluding ortho intramolecular Hbond substituents is 5. The van der Waals surface area contributed by atoms with Crippen LogP contribution in [0.4, 0.5) is 0 Å². The Hall–Kier alpha value is -4.20. The maximum Gasteiger partial charge on any atom is 0.169 e. The first-order valence-electron chi connectivity index (χ1n) is 19.6. The fraction of sp³-hybridized carbons (Fsp3) is 0.467. The van der Waals surface area contributed by atoms with Gasteiger partial charge in [-0.1, -0.05) is 86.7 Å². The monoisotopic (exact) mass is 703 g/mol. The van der Waals surface area contributed by atoms with Crippen LogP contribution in [0.3, 0.4) is 0 Å². The highest BCUT2D eigenvalue weighted by Crippen LogP contribution is 2.69. The van der Waals surface area contributed by atoms with Gasteiger partial charge in [0.2, 0.25) is 0 Å². The second kappa shape index (κ2) is 14.0. The highest BCUT2D eigenvalue weighted by molar-refractivity contribution is 6.03. The molecular formula is C45H53NO6. The number of ether oxygens (including phenoxy) is 1. The van der Waals surface area contributed by atoms with E-state index in [-0.39, 0.29) is 39.7 Å². The molecule has 0 unspecified atom stereocenters. The summed E-state index contributed by atoms with van der Waals surface area (Å²) in [6.07, 6.45) is 21.8. The van der Waals surface area contributed by atoms with Gasteiger partial charge in [-0.25, -0.2) is 0 Å². The summed E-state index contributed by atoms with van der Waals surface area (Å²) < 4.78 is 7.13. The first-order chi connectivity index (χ1) is 25.2. The Balaban J connectivity index is 0.979. The number of hydrogen-bond donors (Lipinski definition) is 6.